The van der Waals surface area contributed by atoms with Gasteiger partial charge in [-0.2, -0.15) is 0 Å². The summed E-state index contributed by atoms with van der Waals surface area (Å²) in [7, 11) is 1.31. The van der Waals surface area contributed by atoms with E-state index in [0.29, 0.717) is 18.6 Å². The van der Waals surface area contributed by atoms with Crippen molar-refractivity contribution in [3.8, 4) is 5.63 Å². The van der Waals surface area contributed by atoms with Gasteiger partial charge in [-0.05, 0) is 0 Å². The number of hydrogen-bond acceptors (Lipinski definition) is 5. The summed E-state index contributed by atoms with van der Waals surface area (Å²) in [6.07, 6.45) is 1.97. The molecule has 2 N–H and O–H groups in total. The molecule has 6 heteroatoms. The van der Waals surface area contributed by atoms with E-state index >= 15 is 0 Å². The summed E-state index contributed by atoms with van der Waals surface area (Å²) < 4.78 is 20.0. The van der Waals surface area contributed by atoms with Crippen molar-refractivity contribution in [3.63, 3.8) is 0 Å². The van der Waals surface area contributed by atoms with Crippen molar-refractivity contribution < 1.29 is 18.8 Å². The number of methoxy groups -OCH3 is 1. The first kappa shape index (κ1) is 15.1. The quantitative estimate of drug-likeness (QED) is 0.559. The molecule has 90 valence electrons. The van der Waals surface area contributed by atoms with Crippen molar-refractivity contribution in [2.24, 2.45) is 5.73 Å². The van der Waals surface area contributed by atoms with Gasteiger partial charge in [-0.3, -0.25) is 0 Å². The fraction of sp³-hybridized carbons (Fsp3) is 0.600. The van der Waals surface area contributed by atoms with E-state index in [1.807, 2.05) is 0 Å². The van der Waals surface area contributed by atoms with Gasteiger partial charge in [0.2, 0.25) is 0 Å². The van der Waals surface area contributed by atoms with Gasteiger partial charge in [-0.15, -0.1) is 0 Å². The number of esters is 1. The number of hydrogen-bond donors (Lipinski definition) is 1. The van der Waals surface area contributed by atoms with Crippen molar-refractivity contribution in [2.75, 3.05) is 20.3 Å². The topological polar surface area (TPSA) is 78.6 Å². The van der Waals surface area contributed by atoms with Gasteiger partial charge in [0.05, 0.1) is 0 Å². The van der Waals surface area contributed by atoms with Crippen molar-refractivity contribution in [1.29, 1.82) is 0 Å². The Morgan fingerprint density at radius 2 is 2.31 bits per heavy atom. The van der Waals surface area contributed by atoms with Crippen LogP contribution in [0.4, 0.5) is 0 Å². The van der Waals surface area contributed by atoms with Gasteiger partial charge in [0, 0.05) is 0 Å². The van der Waals surface area contributed by atoms with Crippen molar-refractivity contribution in [2.45, 2.75) is 19.4 Å². The molecule has 0 radical (unpaired) electrons. The first-order valence-electron chi connectivity index (χ1n) is 4.85. The molecule has 0 amide bonds. The SMILES string of the molecule is CCOC(=O)C(N)C=C(C#P=O)CCOC. The van der Waals surface area contributed by atoms with E-state index < -0.39 is 12.0 Å². The molecule has 0 fully saturated rings. The third-order valence-corrected chi connectivity index (χ3v) is 2.08. The number of ether oxygens (including phenoxy) is 2. The Labute approximate surface area is 96.1 Å². The number of carbonyl (C=O) groups is 1. The van der Waals surface area contributed by atoms with E-state index in [1.54, 1.807) is 14.0 Å². The Morgan fingerprint density at radius 1 is 1.62 bits per heavy atom. The monoisotopic (exact) mass is 245 g/mol. The van der Waals surface area contributed by atoms with Gasteiger partial charge in [0.1, 0.15) is 0 Å². The molecule has 0 spiro atoms. The zero-order valence-corrected chi connectivity index (χ0v) is 10.3. The summed E-state index contributed by atoms with van der Waals surface area (Å²) in [6.45, 7) is 2.43. The van der Waals surface area contributed by atoms with E-state index in [2.05, 4.69) is 5.63 Å². The van der Waals surface area contributed by atoms with Crippen LogP contribution in [-0.4, -0.2) is 32.3 Å². The first-order chi connectivity index (χ1) is 7.65. The van der Waals surface area contributed by atoms with E-state index in [4.69, 9.17) is 15.2 Å². The van der Waals surface area contributed by atoms with Crippen LogP contribution < -0.4 is 5.73 Å². The van der Waals surface area contributed by atoms with Gasteiger partial charge < -0.3 is 0 Å². The van der Waals surface area contributed by atoms with Gasteiger partial charge in [0.25, 0.3) is 0 Å². The van der Waals surface area contributed by atoms with Crippen LogP contribution in [0.25, 0.3) is 0 Å². The third kappa shape index (κ3) is 6.59. The van der Waals surface area contributed by atoms with Crippen LogP contribution in [0.1, 0.15) is 13.3 Å². The molecule has 1 unspecified atom stereocenters. The molecule has 0 aliphatic carbocycles. The molecular formula is C10H16NO4P. The summed E-state index contributed by atoms with van der Waals surface area (Å²) in [5, 5.41) is 0. The van der Waals surface area contributed by atoms with Gasteiger partial charge in [-0.1, -0.05) is 0 Å². The van der Waals surface area contributed by atoms with Crippen LogP contribution in [0.15, 0.2) is 11.6 Å². The van der Waals surface area contributed by atoms with Crippen LogP contribution in [0, 0.1) is 5.63 Å². The summed E-state index contributed by atoms with van der Waals surface area (Å²) in [4.78, 5) is 11.2. The Balaban J connectivity index is 4.55. The van der Waals surface area contributed by atoms with Crippen molar-refractivity contribution in [3.05, 3.63) is 11.6 Å². The molecule has 0 bridgehead atoms. The van der Waals surface area contributed by atoms with Crippen LogP contribution in [0.5, 0.6) is 0 Å². The molecule has 16 heavy (non-hydrogen) atoms. The molecule has 0 aromatic rings. The maximum atomic E-state index is 11.2. The average molecular weight is 245 g/mol. The van der Waals surface area contributed by atoms with Crippen LogP contribution in [-0.2, 0) is 18.8 Å². The molecule has 0 aromatic heterocycles. The fourth-order valence-corrected chi connectivity index (χ4v) is 1.27. The predicted octanol–water partition coefficient (Wildman–Crippen LogP) is 1.09. The Kier molecular flexibility index (Phi) is 8.87. The van der Waals surface area contributed by atoms with E-state index in [0.717, 1.165) is 0 Å². The minimum atomic E-state index is -0.860. The van der Waals surface area contributed by atoms with Gasteiger partial charge in [0.15, 0.2) is 0 Å². The second kappa shape index (κ2) is 9.37. The normalized spacial score (nSPS) is 12.8. The zero-order valence-electron chi connectivity index (χ0n) is 9.43. The van der Waals surface area contributed by atoms with Crippen LogP contribution in [0.3, 0.4) is 0 Å². The van der Waals surface area contributed by atoms with Gasteiger partial charge in [-0.25, -0.2) is 0 Å². The molecular weight excluding hydrogens is 229 g/mol. The first-order valence-corrected chi connectivity index (χ1v) is 5.67. The van der Waals surface area contributed by atoms with E-state index in [1.165, 1.54) is 6.08 Å². The summed E-state index contributed by atoms with van der Waals surface area (Å²) in [5.41, 5.74) is 8.71. The standard InChI is InChI=1S/C10H16NO4P/c1-3-15-10(12)9(11)6-8(7-16-13)4-5-14-2/h6,9H,3-5,11H2,1-2H3. The second-order valence-electron chi connectivity index (χ2n) is 2.92. The predicted molar refractivity (Wildman–Crippen MR) is 60.7 cm³/mol. The maximum absolute atomic E-state index is 11.2. The average Bonchev–Trinajstić information content (AvgIpc) is 2.26. The Bertz CT molecular complexity index is 347. The molecule has 0 saturated heterocycles. The number of carbonyl (C=O) groups excluding carboxylic acids is 1. The van der Waals surface area contributed by atoms with E-state index in [9.17, 15) is 9.36 Å². The molecule has 0 heterocycles. The molecule has 0 aromatic carbocycles. The van der Waals surface area contributed by atoms with Crippen molar-refractivity contribution >= 4 is 13.9 Å². The molecule has 0 aliphatic heterocycles. The fourth-order valence-electron chi connectivity index (χ4n) is 0.970. The number of rotatable bonds is 6. The Morgan fingerprint density at radius 3 is 2.81 bits per heavy atom. The zero-order chi connectivity index (χ0) is 12.4. The molecule has 0 saturated carbocycles. The third-order valence-electron chi connectivity index (χ3n) is 1.70. The van der Waals surface area contributed by atoms with E-state index in [-0.39, 0.29) is 14.5 Å². The number of nitrogens with two attached hydrogens (primary N) is 1. The van der Waals surface area contributed by atoms with Crippen LogP contribution in [0.2, 0.25) is 0 Å². The second-order valence-corrected chi connectivity index (χ2v) is 3.32. The summed E-state index contributed by atoms with van der Waals surface area (Å²) in [6, 6.07) is -0.860. The molecule has 0 rings (SSSR count). The van der Waals surface area contributed by atoms with Gasteiger partial charge >= 0.3 is 95.4 Å². The molecule has 5 nitrogen and oxygen atoms in total. The minimum absolute atomic E-state index is 0.246. The van der Waals surface area contributed by atoms with Crippen LogP contribution >= 0.6 is 7.92 Å². The Hall–Kier alpha value is -0.860. The molecule has 0 aliphatic rings. The summed E-state index contributed by atoms with van der Waals surface area (Å²) in [5.74, 6) is -0.512. The van der Waals surface area contributed by atoms with Crippen molar-refractivity contribution in [1.82, 2.24) is 0 Å². The summed E-state index contributed by atoms with van der Waals surface area (Å²) >= 11 is 0. The molecule has 1 atom stereocenters.